The van der Waals surface area contributed by atoms with Crippen LogP contribution in [0.5, 0.6) is 0 Å². The van der Waals surface area contributed by atoms with Crippen LogP contribution >= 0.6 is 11.6 Å². The van der Waals surface area contributed by atoms with Gasteiger partial charge < -0.3 is 11.1 Å². The van der Waals surface area contributed by atoms with E-state index in [2.05, 4.69) is 15.3 Å². The molecule has 2 atom stereocenters. The Bertz CT molecular complexity index is 729. The van der Waals surface area contributed by atoms with Gasteiger partial charge in [-0.25, -0.2) is 0 Å². The zero-order valence-electron chi connectivity index (χ0n) is 13.4. The molecule has 0 spiro atoms. The van der Waals surface area contributed by atoms with Gasteiger partial charge in [0.15, 0.2) is 0 Å². The first kappa shape index (κ1) is 16.2. The van der Waals surface area contributed by atoms with Gasteiger partial charge in [-0.2, -0.15) is 5.10 Å². The van der Waals surface area contributed by atoms with E-state index in [4.69, 9.17) is 17.3 Å². The molecule has 0 bridgehead atoms. The van der Waals surface area contributed by atoms with E-state index >= 15 is 0 Å². The molecule has 6 nitrogen and oxygen atoms in total. The van der Waals surface area contributed by atoms with Crippen molar-refractivity contribution in [3.63, 3.8) is 0 Å². The number of aromatic nitrogens is 2. The van der Waals surface area contributed by atoms with Crippen LogP contribution in [0.2, 0.25) is 5.02 Å². The van der Waals surface area contributed by atoms with E-state index in [1.54, 1.807) is 0 Å². The summed E-state index contributed by atoms with van der Waals surface area (Å²) in [4.78, 5) is 14.4. The number of rotatable bonds is 4. The normalized spacial score (nSPS) is 21.9. The Morgan fingerprint density at radius 1 is 1.52 bits per heavy atom. The third-order valence-electron chi connectivity index (χ3n) is 4.34. The van der Waals surface area contributed by atoms with Gasteiger partial charge in [0.1, 0.15) is 0 Å². The number of nitrogens with two attached hydrogens (primary N) is 1. The van der Waals surface area contributed by atoms with Gasteiger partial charge in [0.05, 0.1) is 22.3 Å². The molecule has 0 saturated carbocycles. The number of nitrogens with zero attached hydrogens (tertiary/aromatic N) is 3. The highest BCUT2D eigenvalue weighted by Crippen LogP contribution is 2.29. The van der Waals surface area contributed by atoms with E-state index in [1.807, 2.05) is 36.9 Å². The number of likely N-dealkylation sites (tertiary alicyclic amines) is 1. The van der Waals surface area contributed by atoms with Gasteiger partial charge in [0.2, 0.25) is 5.91 Å². The van der Waals surface area contributed by atoms with Crippen molar-refractivity contribution in [2.75, 3.05) is 13.1 Å². The molecule has 2 aromatic rings. The fourth-order valence-electron chi connectivity index (χ4n) is 3.33. The van der Waals surface area contributed by atoms with Crippen molar-refractivity contribution < 1.29 is 4.79 Å². The van der Waals surface area contributed by atoms with Crippen molar-refractivity contribution in [2.24, 2.45) is 12.8 Å². The van der Waals surface area contributed by atoms with Crippen LogP contribution in [0.4, 0.5) is 0 Å². The summed E-state index contributed by atoms with van der Waals surface area (Å²) in [6, 6.07) is 5.58. The SMILES string of the molecule is CCNC(=O)[C@@H]1C[C@H](N)CN1Cc1nn(C)c2cccc(Cl)c12. The molecule has 1 fully saturated rings. The highest BCUT2D eigenvalue weighted by atomic mass is 35.5. The lowest BCUT2D eigenvalue weighted by Gasteiger charge is -2.22. The van der Waals surface area contributed by atoms with E-state index in [9.17, 15) is 4.79 Å². The molecule has 1 amide bonds. The molecule has 1 aliphatic rings. The maximum absolute atomic E-state index is 12.3. The molecule has 124 valence electrons. The van der Waals surface area contributed by atoms with Crippen molar-refractivity contribution >= 4 is 28.4 Å². The Morgan fingerprint density at radius 2 is 2.30 bits per heavy atom. The number of nitrogens with one attached hydrogen (secondary N) is 1. The van der Waals surface area contributed by atoms with Crippen LogP contribution in [0.15, 0.2) is 18.2 Å². The Balaban J connectivity index is 1.90. The number of aryl methyl sites for hydroxylation is 1. The number of halogens is 1. The molecule has 1 aromatic carbocycles. The Hall–Kier alpha value is -1.63. The van der Waals surface area contributed by atoms with Crippen LogP contribution in [0.25, 0.3) is 10.9 Å². The quantitative estimate of drug-likeness (QED) is 0.882. The van der Waals surface area contributed by atoms with E-state index in [0.29, 0.717) is 31.1 Å². The molecule has 0 radical (unpaired) electrons. The van der Waals surface area contributed by atoms with Gasteiger partial charge in [-0.15, -0.1) is 0 Å². The summed E-state index contributed by atoms with van der Waals surface area (Å²) in [6.07, 6.45) is 0.671. The average molecular weight is 336 g/mol. The minimum absolute atomic E-state index is 0.00746. The number of hydrogen-bond acceptors (Lipinski definition) is 4. The molecule has 7 heteroatoms. The summed E-state index contributed by atoms with van der Waals surface area (Å²) in [5, 5.41) is 9.12. The highest BCUT2D eigenvalue weighted by Gasteiger charge is 2.35. The Labute approximate surface area is 140 Å². The number of fused-ring (bicyclic) bond motifs is 1. The molecule has 3 N–H and O–H groups in total. The maximum Gasteiger partial charge on any atom is 0.237 e. The molecule has 1 saturated heterocycles. The van der Waals surface area contributed by atoms with Crippen molar-refractivity contribution in [2.45, 2.75) is 32.0 Å². The van der Waals surface area contributed by atoms with Crippen LogP contribution in [0.1, 0.15) is 19.0 Å². The topological polar surface area (TPSA) is 76.2 Å². The van der Waals surface area contributed by atoms with Gasteiger partial charge in [0, 0.05) is 38.1 Å². The van der Waals surface area contributed by atoms with Crippen LogP contribution in [-0.4, -0.2) is 45.8 Å². The van der Waals surface area contributed by atoms with Gasteiger partial charge in [-0.1, -0.05) is 17.7 Å². The predicted octanol–water partition coefficient (Wildman–Crippen LogP) is 1.26. The molecule has 2 heterocycles. The number of likely N-dealkylation sites (N-methyl/N-ethyl adjacent to an activating group) is 1. The minimum Gasteiger partial charge on any atom is -0.355 e. The summed E-state index contributed by atoms with van der Waals surface area (Å²) in [6.45, 7) is 3.79. The first-order chi connectivity index (χ1) is 11.0. The molecule has 0 aliphatic carbocycles. The molecule has 0 unspecified atom stereocenters. The van der Waals surface area contributed by atoms with Gasteiger partial charge in [-0.3, -0.25) is 14.4 Å². The highest BCUT2D eigenvalue weighted by molar-refractivity contribution is 6.35. The lowest BCUT2D eigenvalue weighted by molar-refractivity contribution is -0.125. The fourth-order valence-corrected chi connectivity index (χ4v) is 3.61. The van der Waals surface area contributed by atoms with Crippen LogP contribution < -0.4 is 11.1 Å². The molecule has 1 aromatic heterocycles. The number of hydrogen-bond donors (Lipinski definition) is 2. The van der Waals surface area contributed by atoms with Gasteiger partial charge in [0.25, 0.3) is 0 Å². The van der Waals surface area contributed by atoms with Crippen LogP contribution in [-0.2, 0) is 18.4 Å². The van der Waals surface area contributed by atoms with Crippen molar-refractivity contribution in [3.05, 3.63) is 28.9 Å². The van der Waals surface area contributed by atoms with Gasteiger partial charge in [-0.05, 0) is 25.5 Å². The lowest BCUT2D eigenvalue weighted by atomic mass is 10.1. The smallest absolute Gasteiger partial charge is 0.237 e. The summed E-state index contributed by atoms with van der Waals surface area (Å²) in [7, 11) is 1.90. The minimum atomic E-state index is -0.204. The molecule has 1 aliphatic heterocycles. The summed E-state index contributed by atoms with van der Waals surface area (Å²) >= 11 is 6.36. The average Bonchev–Trinajstić information content (AvgIpc) is 3.02. The second kappa shape index (κ2) is 6.47. The van der Waals surface area contributed by atoms with E-state index in [0.717, 1.165) is 16.6 Å². The Morgan fingerprint density at radius 3 is 3.04 bits per heavy atom. The Kier molecular flexibility index (Phi) is 4.57. The monoisotopic (exact) mass is 335 g/mol. The number of amides is 1. The first-order valence-corrected chi connectivity index (χ1v) is 8.26. The van der Waals surface area contributed by atoms with E-state index in [1.165, 1.54) is 0 Å². The maximum atomic E-state index is 12.3. The zero-order valence-corrected chi connectivity index (χ0v) is 14.2. The van der Waals surface area contributed by atoms with Crippen molar-refractivity contribution in [1.82, 2.24) is 20.0 Å². The third kappa shape index (κ3) is 3.06. The second-order valence-corrected chi connectivity index (χ2v) is 6.45. The molecular formula is C16H22ClN5O. The lowest BCUT2D eigenvalue weighted by Crippen LogP contribution is -2.42. The van der Waals surface area contributed by atoms with Crippen molar-refractivity contribution in [1.29, 1.82) is 0 Å². The number of carbonyl (C=O) groups is 1. The third-order valence-corrected chi connectivity index (χ3v) is 4.66. The van der Waals surface area contributed by atoms with Crippen molar-refractivity contribution in [3.8, 4) is 0 Å². The first-order valence-electron chi connectivity index (χ1n) is 7.88. The number of benzene rings is 1. The van der Waals surface area contributed by atoms with Gasteiger partial charge >= 0.3 is 0 Å². The fraction of sp³-hybridized carbons (Fsp3) is 0.500. The largest absolute Gasteiger partial charge is 0.355 e. The van der Waals surface area contributed by atoms with Crippen LogP contribution in [0.3, 0.4) is 0 Å². The second-order valence-electron chi connectivity index (χ2n) is 6.04. The summed E-state index contributed by atoms with van der Waals surface area (Å²) < 4.78 is 1.83. The van der Waals surface area contributed by atoms with E-state index < -0.39 is 0 Å². The zero-order chi connectivity index (χ0) is 16.6. The molecular weight excluding hydrogens is 314 g/mol. The summed E-state index contributed by atoms with van der Waals surface area (Å²) in [5.74, 6) is 0.0341. The van der Waals surface area contributed by atoms with Crippen LogP contribution in [0, 0.1) is 0 Å². The molecule has 23 heavy (non-hydrogen) atoms. The van der Waals surface area contributed by atoms with E-state index in [-0.39, 0.29) is 18.0 Å². The molecule has 3 rings (SSSR count). The predicted molar refractivity (Wildman–Crippen MR) is 91.2 cm³/mol. The standard InChI is InChI=1S/C16H22ClN5O/c1-3-19-16(23)14-7-10(18)8-22(14)9-12-15-11(17)5-4-6-13(15)21(2)20-12/h4-6,10,14H,3,7-9,18H2,1-2H3,(H,19,23)/t10-,14-/m0/s1. The summed E-state index contributed by atoms with van der Waals surface area (Å²) in [5.41, 5.74) is 7.95. The number of carbonyl (C=O) groups excluding carboxylic acids is 1.